The zero-order chi connectivity index (χ0) is 13.2. The third-order valence-electron chi connectivity index (χ3n) is 3.48. The van der Waals surface area contributed by atoms with E-state index in [0.717, 1.165) is 25.7 Å². The summed E-state index contributed by atoms with van der Waals surface area (Å²) in [6.07, 6.45) is 4.88. The van der Waals surface area contributed by atoms with Gasteiger partial charge in [-0.3, -0.25) is 0 Å². The van der Waals surface area contributed by atoms with E-state index < -0.39 is 5.60 Å². The zero-order valence-electron chi connectivity index (χ0n) is 10.2. The molecule has 0 radical (unpaired) electrons. The van der Waals surface area contributed by atoms with E-state index >= 15 is 0 Å². The average molecular weight is 364 g/mol. The van der Waals surface area contributed by atoms with Crippen LogP contribution in [0.5, 0.6) is 0 Å². The highest BCUT2D eigenvalue weighted by Gasteiger charge is 2.28. The number of nitrogens with one attached hydrogen (secondary N) is 1. The first-order chi connectivity index (χ1) is 8.50. The minimum Gasteiger partial charge on any atom is -0.397 e. The fourth-order valence-corrected chi connectivity index (χ4v) is 2.85. The van der Waals surface area contributed by atoms with Crippen molar-refractivity contribution in [2.45, 2.75) is 37.7 Å². The molecule has 1 aromatic rings. The van der Waals surface area contributed by atoms with Crippen LogP contribution in [0.15, 0.2) is 12.1 Å². The predicted octanol–water partition coefficient (Wildman–Crippen LogP) is 3.12. The molecule has 0 heterocycles. The van der Waals surface area contributed by atoms with Crippen molar-refractivity contribution in [1.82, 2.24) is 0 Å². The van der Waals surface area contributed by atoms with Crippen LogP contribution in [-0.4, -0.2) is 17.3 Å². The summed E-state index contributed by atoms with van der Waals surface area (Å²) in [6.45, 7) is 0.428. The highest BCUT2D eigenvalue weighted by atomic mass is 127. The number of rotatable bonds is 3. The van der Waals surface area contributed by atoms with Gasteiger partial charge < -0.3 is 16.2 Å². The van der Waals surface area contributed by atoms with Gasteiger partial charge in [-0.2, -0.15) is 0 Å². The molecule has 0 unspecified atom stereocenters. The van der Waals surface area contributed by atoms with Crippen LogP contribution in [0, 0.1) is 9.39 Å². The molecule has 1 aromatic carbocycles. The Kier molecular flexibility index (Phi) is 4.32. The summed E-state index contributed by atoms with van der Waals surface area (Å²) < 4.78 is 14.0. The smallest absolute Gasteiger partial charge is 0.138 e. The minimum atomic E-state index is -0.676. The van der Waals surface area contributed by atoms with Crippen LogP contribution in [0.4, 0.5) is 15.8 Å². The van der Waals surface area contributed by atoms with Crippen molar-refractivity contribution >= 4 is 34.0 Å². The van der Waals surface area contributed by atoms with E-state index in [4.69, 9.17) is 5.73 Å². The van der Waals surface area contributed by atoms with E-state index in [0.29, 0.717) is 21.5 Å². The molecule has 18 heavy (non-hydrogen) atoms. The summed E-state index contributed by atoms with van der Waals surface area (Å²) >= 11 is 1.91. The Morgan fingerprint density at radius 2 is 2.00 bits per heavy atom. The molecule has 1 aliphatic rings. The maximum atomic E-state index is 13.5. The lowest BCUT2D eigenvalue weighted by molar-refractivity contribution is 0.0167. The van der Waals surface area contributed by atoms with E-state index in [1.54, 1.807) is 6.07 Å². The van der Waals surface area contributed by atoms with Crippen LogP contribution < -0.4 is 11.1 Å². The van der Waals surface area contributed by atoms with Gasteiger partial charge in [0.25, 0.3) is 0 Å². The second-order valence-electron chi connectivity index (χ2n) is 4.99. The molecule has 100 valence electrons. The molecule has 0 atom stereocenters. The van der Waals surface area contributed by atoms with E-state index in [9.17, 15) is 9.50 Å². The Hall–Kier alpha value is -0.560. The average Bonchev–Trinajstić information content (AvgIpc) is 2.33. The molecule has 1 fully saturated rings. The molecule has 0 aliphatic heterocycles. The highest BCUT2D eigenvalue weighted by molar-refractivity contribution is 14.1. The summed E-state index contributed by atoms with van der Waals surface area (Å²) in [5, 5.41) is 13.4. The van der Waals surface area contributed by atoms with Gasteiger partial charge >= 0.3 is 0 Å². The Morgan fingerprint density at radius 3 is 2.67 bits per heavy atom. The molecule has 0 amide bonds. The van der Waals surface area contributed by atoms with Gasteiger partial charge in [-0.05, 0) is 41.5 Å². The number of aliphatic hydroxyl groups is 1. The molecule has 0 saturated heterocycles. The lowest BCUT2D eigenvalue weighted by atomic mass is 9.85. The predicted molar refractivity (Wildman–Crippen MR) is 80.1 cm³/mol. The van der Waals surface area contributed by atoms with Crippen LogP contribution in [-0.2, 0) is 0 Å². The van der Waals surface area contributed by atoms with Gasteiger partial charge in [-0.15, -0.1) is 0 Å². The molecule has 2 rings (SSSR count). The molecular formula is C13H18FIN2O. The largest absolute Gasteiger partial charge is 0.397 e. The number of hydrogen-bond donors (Lipinski definition) is 3. The number of anilines is 2. The summed E-state index contributed by atoms with van der Waals surface area (Å²) in [4.78, 5) is 0. The number of nitrogens with two attached hydrogens (primary N) is 1. The summed E-state index contributed by atoms with van der Waals surface area (Å²) in [6, 6.07) is 2.99. The van der Waals surface area contributed by atoms with Crippen molar-refractivity contribution in [3.63, 3.8) is 0 Å². The first-order valence-electron chi connectivity index (χ1n) is 6.21. The van der Waals surface area contributed by atoms with Gasteiger partial charge in [0, 0.05) is 12.6 Å². The van der Waals surface area contributed by atoms with Gasteiger partial charge in [0.15, 0.2) is 0 Å². The van der Waals surface area contributed by atoms with Gasteiger partial charge in [-0.25, -0.2) is 4.39 Å². The van der Waals surface area contributed by atoms with Gasteiger partial charge in [-0.1, -0.05) is 19.3 Å². The van der Waals surface area contributed by atoms with Crippen LogP contribution >= 0.6 is 22.6 Å². The van der Waals surface area contributed by atoms with Crippen molar-refractivity contribution in [3.05, 3.63) is 21.5 Å². The molecule has 5 heteroatoms. The molecule has 1 saturated carbocycles. The number of hydrogen-bond acceptors (Lipinski definition) is 3. The van der Waals surface area contributed by atoms with Crippen LogP contribution in [0.25, 0.3) is 0 Å². The third kappa shape index (κ3) is 3.26. The van der Waals surface area contributed by atoms with Crippen molar-refractivity contribution in [3.8, 4) is 0 Å². The fraction of sp³-hybridized carbons (Fsp3) is 0.538. The molecule has 3 nitrogen and oxygen atoms in total. The second kappa shape index (κ2) is 5.61. The monoisotopic (exact) mass is 364 g/mol. The highest BCUT2D eigenvalue weighted by Crippen LogP contribution is 2.30. The van der Waals surface area contributed by atoms with Crippen molar-refractivity contribution in [1.29, 1.82) is 0 Å². The number of nitrogen functional groups attached to an aromatic ring is 1. The minimum absolute atomic E-state index is 0.289. The Labute approximate surface area is 120 Å². The Bertz CT molecular complexity index is 433. The standard InChI is InChI=1S/C13H18FIN2O/c14-9-6-12(11(16)7-10(9)15)17-8-13(18)4-2-1-3-5-13/h6-7,17-18H,1-5,8,16H2. The van der Waals surface area contributed by atoms with E-state index in [1.807, 2.05) is 22.6 Å². The fourth-order valence-electron chi connectivity index (χ4n) is 2.36. The third-order valence-corrected chi connectivity index (χ3v) is 4.31. The summed E-state index contributed by atoms with van der Waals surface area (Å²) in [7, 11) is 0. The lowest BCUT2D eigenvalue weighted by Crippen LogP contribution is -2.38. The maximum absolute atomic E-state index is 13.5. The molecule has 0 aromatic heterocycles. The zero-order valence-corrected chi connectivity index (χ0v) is 12.3. The molecular weight excluding hydrogens is 346 g/mol. The topological polar surface area (TPSA) is 58.3 Å². The van der Waals surface area contributed by atoms with E-state index in [1.165, 1.54) is 12.5 Å². The van der Waals surface area contributed by atoms with E-state index in [2.05, 4.69) is 5.32 Å². The lowest BCUT2D eigenvalue weighted by Gasteiger charge is -2.32. The first-order valence-corrected chi connectivity index (χ1v) is 7.29. The first kappa shape index (κ1) is 13.9. The molecule has 1 aliphatic carbocycles. The Morgan fingerprint density at radius 1 is 1.33 bits per heavy atom. The van der Waals surface area contributed by atoms with Crippen LogP contribution in [0.3, 0.4) is 0 Å². The van der Waals surface area contributed by atoms with Gasteiger partial charge in [0.05, 0.1) is 20.5 Å². The Balaban J connectivity index is 2.03. The van der Waals surface area contributed by atoms with Crippen molar-refractivity contribution in [2.75, 3.05) is 17.6 Å². The second-order valence-corrected chi connectivity index (χ2v) is 6.15. The molecule has 0 spiro atoms. The van der Waals surface area contributed by atoms with Crippen molar-refractivity contribution in [2.24, 2.45) is 0 Å². The molecule has 4 N–H and O–H groups in total. The van der Waals surface area contributed by atoms with Crippen LogP contribution in [0.1, 0.15) is 32.1 Å². The van der Waals surface area contributed by atoms with Gasteiger partial charge in [0.1, 0.15) is 5.82 Å². The van der Waals surface area contributed by atoms with E-state index in [-0.39, 0.29) is 5.82 Å². The SMILES string of the molecule is Nc1cc(I)c(F)cc1NCC1(O)CCCCC1. The maximum Gasteiger partial charge on any atom is 0.138 e. The number of halogens is 2. The van der Waals surface area contributed by atoms with Gasteiger partial charge in [0.2, 0.25) is 0 Å². The molecule has 0 bridgehead atoms. The number of benzene rings is 1. The quantitative estimate of drug-likeness (QED) is 0.571. The van der Waals surface area contributed by atoms with Crippen LogP contribution in [0.2, 0.25) is 0 Å². The van der Waals surface area contributed by atoms with Crippen molar-refractivity contribution < 1.29 is 9.50 Å². The summed E-state index contributed by atoms with van der Waals surface area (Å²) in [5.74, 6) is -0.289. The normalized spacial score (nSPS) is 18.6. The summed E-state index contributed by atoms with van der Waals surface area (Å²) in [5.41, 5.74) is 6.23.